The number of hydrogen-bond donors (Lipinski definition) is 0. The summed E-state index contributed by atoms with van der Waals surface area (Å²) in [5.74, 6) is 0.282. The quantitative estimate of drug-likeness (QED) is 0.724. The average Bonchev–Trinajstić information content (AvgIpc) is 2.35. The van der Waals surface area contributed by atoms with E-state index in [1.54, 1.807) is 0 Å². The Kier molecular flexibility index (Phi) is 6.36. The SMILES string of the molecule is CCCCC(Br)C(=O)N1CCN(CC)CC1. The van der Waals surface area contributed by atoms with Crippen LogP contribution in [0.2, 0.25) is 0 Å². The Balaban J connectivity index is 2.32. The number of alkyl halides is 1. The fourth-order valence-corrected chi connectivity index (χ4v) is 2.60. The molecule has 94 valence electrons. The molecule has 4 heteroatoms. The zero-order chi connectivity index (χ0) is 12.0. The number of hydrogen-bond acceptors (Lipinski definition) is 2. The third-order valence-electron chi connectivity index (χ3n) is 3.21. The third-order valence-corrected chi connectivity index (χ3v) is 4.06. The van der Waals surface area contributed by atoms with Crippen LogP contribution in [-0.2, 0) is 4.79 Å². The van der Waals surface area contributed by atoms with Crippen molar-refractivity contribution in [3.8, 4) is 0 Å². The molecular formula is C12H23BrN2O. The number of nitrogens with zero attached hydrogens (tertiary/aromatic N) is 2. The number of rotatable bonds is 5. The van der Waals surface area contributed by atoms with Gasteiger partial charge in [0, 0.05) is 26.2 Å². The van der Waals surface area contributed by atoms with Crippen LogP contribution in [0.3, 0.4) is 0 Å². The molecule has 1 aliphatic rings. The number of unbranched alkanes of at least 4 members (excludes halogenated alkanes) is 1. The summed E-state index contributed by atoms with van der Waals surface area (Å²) in [6, 6.07) is 0. The largest absolute Gasteiger partial charge is 0.339 e. The summed E-state index contributed by atoms with van der Waals surface area (Å²) in [5.41, 5.74) is 0. The first-order valence-corrected chi connectivity index (χ1v) is 7.25. The van der Waals surface area contributed by atoms with Gasteiger partial charge in [0.05, 0.1) is 4.83 Å². The maximum absolute atomic E-state index is 12.1. The molecule has 3 nitrogen and oxygen atoms in total. The Labute approximate surface area is 107 Å². The number of amides is 1. The normalized spacial score (nSPS) is 19.8. The van der Waals surface area contributed by atoms with Gasteiger partial charge in [-0.25, -0.2) is 0 Å². The molecule has 0 aliphatic carbocycles. The van der Waals surface area contributed by atoms with E-state index in [1.807, 2.05) is 4.90 Å². The van der Waals surface area contributed by atoms with Gasteiger partial charge in [-0.2, -0.15) is 0 Å². The molecule has 16 heavy (non-hydrogen) atoms. The maximum Gasteiger partial charge on any atom is 0.236 e. The van der Waals surface area contributed by atoms with Crippen LogP contribution in [-0.4, -0.2) is 53.3 Å². The van der Waals surface area contributed by atoms with E-state index in [0.29, 0.717) is 0 Å². The van der Waals surface area contributed by atoms with Crippen LogP contribution in [0.25, 0.3) is 0 Å². The zero-order valence-corrected chi connectivity index (χ0v) is 12.0. The number of likely N-dealkylation sites (N-methyl/N-ethyl adjacent to an activating group) is 1. The molecular weight excluding hydrogens is 268 g/mol. The van der Waals surface area contributed by atoms with Crippen molar-refractivity contribution in [3.63, 3.8) is 0 Å². The van der Waals surface area contributed by atoms with Crippen molar-refractivity contribution >= 4 is 21.8 Å². The van der Waals surface area contributed by atoms with Gasteiger partial charge in [-0.1, -0.05) is 42.6 Å². The minimum Gasteiger partial charge on any atom is -0.339 e. The van der Waals surface area contributed by atoms with Crippen LogP contribution in [0.4, 0.5) is 0 Å². The Bertz CT molecular complexity index is 215. The van der Waals surface area contributed by atoms with Crippen molar-refractivity contribution < 1.29 is 4.79 Å². The number of piperazine rings is 1. The van der Waals surface area contributed by atoms with Gasteiger partial charge in [-0.15, -0.1) is 0 Å². The van der Waals surface area contributed by atoms with Gasteiger partial charge in [0.15, 0.2) is 0 Å². The molecule has 1 aliphatic heterocycles. The van der Waals surface area contributed by atoms with Gasteiger partial charge >= 0.3 is 0 Å². The van der Waals surface area contributed by atoms with Crippen LogP contribution in [0.1, 0.15) is 33.1 Å². The van der Waals surface area contributed by atoms with E-state index >= 15 is 0 Å². The van der Waals surface area contributed by atoms with E-state index in [1.165, 1.54) is 0 Å². The second-order valence-electron chi connectivity index (χ2n) is 4.37. The first-order chi connectivity index (χ1) is 7.69. The van der Waals surface area contributed by atoms with E-state index in [4.69, 9.17) is 0 Å². The van der Waals surface area contributed by atoms with Crippen LogP contribution in [0, 0.1) is 0 Å². The van der Waals surface area contributed by atoms with Gasteiger partial charge in [0.25, 0.3) is 0 Å². The molecule has 1 fully saturated rings. The minimum atomic E-state index is 0.0284. The molecule has 1 heterocycles. The van der Waals surface area contributed by atoms with Crippen LogP contribution in [0.15, 0.2) is 0 Å². The van der Waals surface area contributed by atoms with Gasteiger partial charge in [0.1, 0.15) is 0 Å². The Hall–Kier alpha value is -0.0900. The van der Waals surface area contributed by atoms with E-state index in [-0.39, 0.29) is 10.7 Å². The number of carbonyl (C=O) groups is 1. The van der Waals surface area contributed by atoms with Gasteiger partial charge in [-0.05, 0) is 13.0 Å². The van der Waals surface area contributed by atoms with Crippen molar-refractivity contribution in [2.75, 3.05) is 32.7 Å². The Morgan fingerprint density at radius 3 is 2.38 bits per heavy atom. The lowest BCUT2D eigenvalue weighted by Crippen LogP contribution is -2.50. The summed E-state index contributed by atoms with van der Waals surface area (Å²) in [6.07, 6.45) is 3.24. The monoisotopic (exact) mass is 290 g/mol. The predicted octanol–water partition coefficient (Wildman–Crippen LogP) is 2.10. The molecule has 0 aromatic rings. The molecule has 0 aromatic heterocycles. The van der Waals surface area contributed by atoms with Crippen LogP contribution >= 0.6 is 15.9 Å². The lowest BCUT2D eigenvalue weighted by Gasteiger charge is -2.35. The summed E-state index contributed by atoms with van der Waals surface area (Å²) in [4.78, 5) is 16.5. The summed E-state index contributed by atoms with van der Waals surface area (Å²) >= 11 is 3.51. The number of halogens is 1. The van der Waals surface area contributed by atoms with Crippen molar-refractivity contribution in [2.45, 2.75) is 37.9 Å². The van der Waals surface area contributed by atoms with Gasteiger partial charge in [0.2, 0.25) is 5.91 Å². The first-order valence-electron chi connectivity index (χ1n) is 6.34. The van der Waals surface area contributed by atoms with E-state index < -0.39 is 0 Å². The van der Waals surface area contributed by atoms with Crippen molar-refractivity contribution in [1.82, 2.24) is 9.80 Å². The van der Waals surface area contributed by atoms with Crippen molar-refractivity contribution in [1.29, 1.82) is 0 Å². The molecule has 1 amide bonds. The number of carbonyl (C=O) groups excluding carboxylic acids is 1. The van der Waals surface area contributed by atoms with E-state index in [0.717, 1.165) is 52.0 Å². The van der Waals surface area contributed by atoms with Gasteiger partial charge in [-0.3, -0.25) is 4.79 Å². The predicted molar refractivity (Wildman–Crippen MR) is 70.9 cm³/mol. The molecule has 0 saturated carbocycles. The summed E-state index contributed by atoms with van der Waals surface area (Å²) in [7, 11) is 0. The highest BCUT2D eigenvalue weighted by Crippen LogP contribution is 2.14. The summed E-state index contributed by atoms with van der Waals surface area (Å²) in [6.45, 7) is 9.25. The van der Waals surface area contributed by atoms with Gasteiger partial charge < -0.3 is 9.80 Å². The minimum absolute atomic E-state index is 0.0284. The van der Waals surface area contributed by atoms with E-state index in [2.05, 4.69) is 34.7 Å². The second-order valence-corrected chi connectivity index (χ2v) is 5.47. The fourth-order valence-electron chi connectivity index (χ4n) is 1.99. The van der Waals surface area contributed by atoms with E-state index in [9.17, 15) is 4.79 Å². The Morgan fingerprint density at radius 1 is 1.25 bits per heavy atom. The lowest BCUT2D eigenvalue weighted by molar-refractivity contribution is -0.132. The second kappa shape index (κ2) is 7.28. The smallest absolute Gasteiger partial charge is 0.236 e. The standard InChI is InChI=1S/C12H23BrN2O/c1-3-5-6-11(13)12(16)15-9-7-14(4-2)8-10-15/h11H,3-10H2,1-2H3. The summed E-state index contributed by atoms with van der Waals surface area (Å²) in [5, 5.41) is 0. The van der Waals surface area contributed by atoms with Crippen molar-refractivity contribution in [2.24, 2.45) is 0 Å². The molecule has 1 saturated heterocycles. The average molecular weight is 291 g/mol. The fraction of sp³-hybridized carbons (Fsp3) is 0.917. The lowest BCUT2D eigenvalue weighted by atomic mass is 10.2. The molecule has 1 atom stereocenters. The van der Waals surface area contributed by atoms with Crippen molar-refractivity contribution in [3.05, 3.63) is 0 Å². The topological polar surface area (TPSA) is 23.6 Å². The highest BCUT2D eigenvalue weighted by atomic mass is 79.9. The molecule has 1 rings (SSSR count). The third kappa shape index (κ3) is 4.06. The van der Waals surface area contributed by atoms with Crippen LogP contribution < -0.4 is 0 Å². The molecule has 0 aromatic carbocycles. The molecule has 0 bridgehead atoms. The molecule has 0 N–H and O–H groups in total. The Morgan fingerprint density at radius 2 is 1.88 bits per heavy atom. The molecule has 1 unspecified atom stereocenters. The summed E-state index contributed by atoms with van der Waals surface area (Å²) < 4.78 is 0. The molecule has 0 radical (unpaired) electrons. The highest BCUT2D eigenvalue weighted by molar-refractivity contribution is 9.10. The molecule has 0 spiro atoms. The highest BCUT2D eigenvalue weighted by Gasteiger charge is 2.24. The zero-order valence-electron chi connectivity index (χ0n) is 10.4. The van der Waals surface area contributed by atoms with Crippen LogP contribution in [0.5, 0.6) is 0 Å². The maximum atomic E-state index is 12.1. The first kappa shape index (κ1) is 14.0.